The Morgan fingerprint density at radius 1 is 1.18 bits per heavy atom. The van der Waals surface area contributed by atoms with Crippen molar-refractivity contribution in [2.75, 3.05) is 6.54 Å². The summed E-state index contributed by atoms with van der Waals surface area (Å²) in [5.41, 5.74) is 0.988. The summed E-state index contributed by atoms with van der Waals surface area (Å²) >= 11 is 5.74. The standard InChI is InChI=1S/C12H15ClN2O2/c1-9(16)14-7-6-12(17)15-8-10-2-4-11(13)5-3-10/h2-5H,6-8H2,1H3,(H,14,16)(H,15,17). The van der Waals surface area contributed by atoms with Crippen LogP contribution in [0.4, 0.5) is 0 Å². The van der Waals surface area contributed by atoms with Crippen LogP contribution in [0.3, 0.4) is 0 Å². The minimum Gasteiger partial charge on any atom is -0.356 e. The van der Waals surface area contributed by atoms with Gasteiger partial charge < -0.3 is 10.6 Å². The molecule has 0 bridgehead atoms. The van der Waals surface area contributed by atoms with Crippen LogP contribution in [0.5, 0.6) is 0 Å². The van der Waals surface area contributed by atoms with Crippen LogP contribution in [0.1, 0.15) is 18.9 Å². The topological polar surface area (TPSA) is 58.2 Å². The van der Waals surface area contributed by atoms with Gasteiger partial charge in [-0.25, -0.2) is 0 Å². The van der Waals surface area contributed by atoms with Crippen LogP contribution in [0.15, 0.2) is 24.3 Å². The highest BCUT2D eigenvalue weighted by Gasteiger charge is 2.01. The third-order valence-corrected chi connectivity index (χ3v) is 2.38. The number of rotatable bonds is 5. The van der Waals surface area contributed by atoms with E-state index in [1.807, 2.05) is 12.1 Å². The third kappa shape index (κ3) is 5.92. The fourth-order valence-corrected chi connectivity index (χ4v) is 1.37. The highest BCUT2D eigenvalue weighted by molar-refractivity contribution is 6.30. The number of halogens is 1. The number of hydrogen-bond acceptors (Lipinski definition) is 2. The van der Waals surface area contributed by atoms with E-state index in [-0.39, 0.29) is 18.2 Å². The van der Waals surface area contributed by atoms with Crippen molar-refractivity contribution in [3.63, 3.8) is 0 Å². The van der Waals surface area contributed by atoms with Gasteiger partial charge in [-0.1, -0.05) is 23.7 Å². The largest absolute Gasteiger partial charge is 0.356 e. The van der Waals surface area contributed by atoms with E-state index in [0.717, 1.165) is 5.56 Å². The van der Waals surface area contributed by atoms with E-state index >= 15 is 0 Å². The van der Waals surface area contributed by atoms with Gasteiger partial charge in [-0.05, 0) is 17.7 Å². The zero-order valence-electron chi connectivity index (χ0n) is 9.63. The molecule has 0 spiro atoms. The number of amides is 2. The van der Waals surface area contributed by atoms with E-state index in [9.17, 15) is 9.59 Å². The molecule has 2 N–H and O–H groups in total. The van der Waals surface area contributed by atoms with E-state index in [1.54, 1.807) is 12.1 Å². The van der Waals surface area contributed by atoms with Crippen molar-refractivity contribution in [2.45, 2.75) is 19.9 Å². The van der Waals surface area contributed by atoms with Crippen molar-refractivity contribution < 1.29 is 9.59 Å². The van der Waals surface area contributed by atoms with E-state index in [0.29, 0.717) is 18.1 Å². The predicted molar refractivity (Wildman–Crippen MR) is 66.6 cm³/mol. The van der Waals surface area contributed by atoms with Gasteiger partial charge in [0.1, 0.15) is 0 Å². The minimum absolute atomic E-state index is 0.0892. The summed E-state index contributed by atoms with van der Waals surface area (Å²) in [4.78, 5) is 22.0. The summed E-state index contributed by atoms with van der Waals surface area (Å²) < 4.78 is 0. The lowest BCUT2D eigenvalue weighted by Gasteiger charge is -2.05. The highest BCUT2D eigenvalue weighted by Crippen LogP contribution is 2.08. The molecule has 0 aliphatic carbocycles. The number of carbonyl (C=O) groups excluding carboxylic acids is 2. The fraction of sp³-hybridized carbons (Fsp3) is 0.333. The Morgan fingerprint density at radius 2 is 1.82 bits per heavy atom. The average molecular weight is 255 g/mol. The third-order valence-electron chi connectivity index (χ3n) is 2.13. The Kier molecular flexibility index (Phi) is 5.49. The lowest BCUT2D eigenvalue weighted by molar-refractivity contribution is -0.121. The van der Waals surface area contributed by atoms with Crippen LogP contribution in [0.25, 0.3) is 0 Å². The molecular weight excluding hydrogens is 240 g/mol. The second-order valence-corrected chi connectivity index (χ2v) is 4.07. The molecule has 0 unspecified atom stereocenters. The maximum absolute atomic E-state index is 11.4. The first-order valence-corrected chi connectivity index (χ1v) is 5.71. The van der Waals surface area contributed by atoms with E-state index in [2.05, 4.69) is 10.6 Å². The molecule has 2 amide bonds. The second kappa shape index (κ2) is 6.91. The molecule has 0 aromatic heterocycles. The highest BCUT2D eigenvalue weighted by atomic mass is 35.5. The van der Waals surface area contributed by atoms with Crippen LogP contribution >= 0.6 is 11.6 Å². The molecule has 0 atom stereocenters. The number of carbonyl (C=O) groups is 2. The van der Waals surface area contributed by atoms with Crippen LogP contribution in [0, 0.1) is 0 Å². The molecule has 5 heteroatoms. The molecule has 0 fully saturated rings. The van der Waals surface area contributed by atoms with E-state index in [1.165, 1.54) is 6.92 Å². The summed E-state index contributed by atoms with van der Waals surface area (Å²) in [5, 5.41) is 6.00. The van der Waals surface area contributed by atoms with Crippen LogP contribution < -0.4 is 10.6 Å². The van der Waals surface area contributed by atoms with Crippen LogP contribution in [0.2, 0.25) is 5.02 Å². The van der Waals surface area contributed by atoms with Gasteiger partial charge in [0, 0.05) is 31.5 Å². The molecular formula is C12H15ClN2O2. The van der Waals surface area contributed by atoms with Gasteiger partial charge in [0.15, 0.2) is 0 Å². The Labute approximate surface area is 105 Å². The van der Waals surface area contributed by atoms with Crippen LogP contribution in [-0.4, -0.2) is 18.4 Å². The van der Waals surface area contributed by atoms with Crippen molar-refractivity contribution in [1.29, 1.82) is 0 Å². The normalized spacial score (nSPS) is 9.76. The fourth-order valence-electron chi connectivity index (χ4n) is 1.24. The number of nitrogens with one attached hydrogen (secondary N) is 2. The molecule has 0 aliphatic heterocycles. The maximum Gasteiger partial charge on any atom is 0.222 e. The smallest absolute Gasteiger partial charge is 0.222 e. The van der Waals surface area contributed by atoms with Crippen molar-refractivity contribution in [3.8, 4) is 0 Å². The van der Waals surface area contributed by atoms with Gasteiger partial charge in [0.25, 0.3) is 0 Å². The van der Waals surface area contributed by atoms with Crippen molar-refractivity contribution in [3.05, 3.63) is 34.9 Å². The van der Waals surface area contributed by atoms with Gasteiger partial charge in [0.2, 0.25) is 11.8 Å². The molecule has 0 saturated carbocycles. The van der Waals surface area contributed by atoms with Gasteiger partial charge in [-0.3, -0.25) is 9.59 Å². The zero-order valence-corrected chi connectivity index (χ0v) is 10.4. The molecule has 1 aromatic carbocycles. The summed E-state index contributed by atoms with van der Waals surface area (Å²) in [6.45, 7) is 2.25. The molecule has 4 nitrogen and oxygen atoms in total. The van der Waals surface area contributed by atoms with Gasteiger partial charge in [-0.2, -0.15) is 0 Å². The van der Waals surface area contributed by atoms with Gasteiger partial charge >= 0.3 is 0 Å². The van der Waals surface area contributed by atoms with E-state index in [4.69, 9.17) is 11.6 Å². The molecule has 0 saturated heterocycles. The Bertz CT molecular complexity index is 390. The first-order chi connectivity index (χ1) is 8.08. The summed E-state index contributed by atoms with van der Waals surface area (Å²) in [6, 6.07) is 7.27. The molecule has 0 aliphatic rings. The average Bonchev–Trinajstić information content (AvgIpc) is 2.28. The van der Waals surface area contributed by atoms with Gasteiger partial charge in [-0.15, -0.1) is 0 Å². The number of benzene rings is 1. The SMILES string of the molecule is CC(=O)NCCC(=O)NCc1ccc(Cl)cc1. The number of hydrogen-bond donors (Lipinski definition) is 2. The quantitative estimate of drug-likeness (QED) is 0.836. The summed E-state index contributed by atoms with van der Waals surface area (Å²) in [5.74, 6) is -0.218. The second-order valence-electron chi connectivity index (χ2n) is 3.64. The molecule has 17 heavy (non-hydrogen) atoms. The Morgan fingerprint density at radius 3 is 2.41 bits per heavy atom. The first kappa shape index (κ1) is 13.5. The maximum atomic E-state index is 11.4. The first-order valence-electron chi connectivity index (χ1n) is 5.33. The molecule has 0 heterocycles. The zero-order chi connectivity index (χ0) is 12.7. The monoisotopic (exact) mass is 254 g/mol. The summed E-state index contributed by atoms with van der Waals surface area (Å²) in [7, 11) is 0. The Hall–Kier alpha value is -1.55. The lowest BCUT2D eigenvalue weighted by atomic mass is 10.2. The van der Waals surface area contributed by atoms with Crippen LogP contribution in [-0.2, 0) is 16.1 Å². The Balaban J connectivity index is 2.23. The van der Waals surface area contributed by atoms with Gasteiger partial charge in [0.05, 0.1) is 0 Å². The molecule has 1 rings (SSSR count). The molecule has 1 aromatic rings. The molecule has 0 radical (unpaired) electrons. The summed E-state index contributed by atoms with van der Waals surface area (Å²) in [6.07, 6.45) is 0.285. The van der Waals surface area contributed by atoms with Crippen molar-refractivity contribution >= 4 is 23.4 Å². The lowest BCUT2D eigenvalue weighted by Crippen LogP contribution is -2.29. The van der Waals surface area contributed by atoms with Crippen molar-refractivity contribution in [2.24, 2.45) is 0 Å². The predicted octanol–water partition coefficient (Wildman–Crippen LogP) is 1.48. The van der Waals surface area contributed by atoms with Crippen molar-refractivity contribution in [1.82, 2.24) is 10.6 Å². The minimum atomic E-state index is -0.129. The molecule has 92 valence electrons. The van der Waals surface area contributed by atoms with E-state index < -0.39 is 0 Å².